The highest BCUT2D eigenvalue weighted by molar-refractivity contribution is 6.31. The Labute approximate surface area is 144 Å². The standard InChI is InChI=1S/C15H9ClFN5O3/c16-9-6-12(8(15(24)25)5-10(9)17)19-14(23)11-1-2-13(21-20-11)22-4-3-18-7-22/h1-7H,(H,19,23)(H,24,25). The van der Waals surface area contributed by atoms with Crippen molar-refractivity contribution in [2.75, 3.05) is 5.32 Å². The summed E-state index contributed by atoms with van der Waals surface area (Å²) >= 11 is 5.64. The van der Waals surface area contributed by atoms with Crippen LogP contribution in [-0.4, -0.2) is 36.7 Å². The van der Waals surface area contributed by atoms with Crippen molar-refractivity contribution in [2.45, 2.75) is 0 Å². The van der Waals surface area contributed by atoms with E-state index in [2.05, 4.69) is 20.5 Å². The Morgan fingerprint density at radius 2 is 2.04 bits per heavy atom. The molecule has 0 aliphatic heterocycles. The van der Waals surface area contributed by atoms with Crippen molar-refractivity contribution in [1.82, 2.24) is 19.7 Å². The van der Waals surface area contributed by atoms with Gasteiger partial charge >= 0.3 is 5.97 Å². The molecule has 0 aliphatic carbocycles. The van der Waals surface area contributed by atoms with Crippen LogP contribution in [0.4, 0.5) is 10.1 Å². The Bertz CT molecular complexity index is 945. The third-order valence-corrected chi connectivity index (χ3v) is 3.48. The molecule has 3 rings (SSSR count). The number of carbonyl (C=O) groups is 2. The van der Waals surface area contributed by atoms with E-state index in [4.69, 9.17) is 16.7 Å². The highest BCUT2D eigenvalue weighted by Crippen LogP contribution is 2.25. The fourth-order valence-electron chi connectivity index (χ4n) is 1.99. The van der Waals surface area contributed by atoms with Crippen LogP contribution < -0.4 is 5.32 Å². The second kappa shape index (κ2) is 6.65. The van der Waals surface area contributed by atoms with Gasteiger partial charge in [0.25, 0.3) is 5.91 Å². The summed E-state index contributed by atoms with van der Waals surface area (Å²) in [6.07, 6.45) is 4.74. The Morgan fingerprint density at radius 1 is 1.24 bits per heavy atom. The van der Waals surface area contributed by atoms with E-state index < -0.39 is 23.3 Å². The summed E-state index contributed by atoms with van der Waals surface area (Å²) in [7, 11) is 0. The Morgan fingerprint density at radius 3 is 2.64 bits per heavy atom. The molecular weight excluding hydrogens is 353 g/mol. The number of aromatic carboxylic acids is 1. The van der Waals surface area contributed by atoms with E-state index in [9.17, 15) is 14.0 Å². The number of hydrogen-bond acceptors (Lipinski definition) is 5. The molecule has 0 atom stereocenters. The number of carboxylic acids is 1. The first-order chi connectivity index (χ1) is 12.0. The average molecular weight is 362 g/mol. The van der Waals surface area contributed by atoms with Crippen LogP contribution in [0.15, 0.2) is 43.0 Å². The predicted molar refractivity (Wildman–Crippen MR) is 85.5 cm³/mol. The number of anilines is 1. The van der Waals surface area contributed by atoms with E-state index >= 15 is 0 Å². The van der Waals surface area contributed by atoms with Gasteiger partial charge in [0.05, 0.1) is 16.3 Å². The number of amides is 1. The number of rotatable bonds is 4. The molecule has 0 fully saturated rings. The third-order valence-electron chi connectivity index (χ3n) is 3.19. The molecule has 1 amide bonds. The Kier molecular flexibility index (Phi) is 4.40. The zero-order valence-electron chi connectivity index (χ0n) is 12.3. The minimum absolute atomic E-state index is 0.0550. The zero-order valence-corrected chi connectivity index (χ0v) is 13.1. The van der Waals surface area contributed by atoms with Crippen LogP contribution in [-0.2, 0) is 0 Å². The van der Waals surface area contributed by atoms with Gasteiger partial charge in [-0.25, -0.2) is 14.2 Å². The lowest BCUT2D eigenvalue weighted by Crippen LogP contribution is -2.17. The van der Waals surface area contributed by atoms with E-state index in [0.717, 1.165) is 12.1 Å². The van der Waals surface area contributed by atoms with Gasteiger partial charge in [-0.2, -0.15) is 0 Å². The quantitative estimate of drug-likeness (QED) is 0.738. The summed E-state index contributed by atoms with van der Waals surface area (Å²) in [4.78, 5) is 27.3. The Balaban J connectivity index is 1.85. The normalized spacial score (nSPS) is 10.5. The van der Waals surface area contributed by atoms with Gasteiger partial charge in [-0.15, -0.1) is 10.2 Å². The molecule has 0 aliphatic rings. The topological polar surface area (TPSA) is 110 Å². The van der Waals surface area contributed by atoms with E-state index in [1.807, 2.05) is 0 Å². The van der Waals surface area contributed by atoms with Crippen molar-refractivity contribution in [3.8, 4) is 5.82 Å². The predicted octanol–water partition coefficient (Wildman–Crippen LogP) is 2.41. The van der Waals surface area contributed by atoms with Gasteiger partial charge in [0.2, 0.25) is 0 Å². The first-order valence-corrected chi connectivity index (χ1v) is 7.19. The largest absolute Gasteiger partial charge is 0.478 e. The van der Waals surface area contributed by atoms with Crippen molar-refractivity contribution in [3.05, 3.63) is 65.1 Å². The van der Waals surface area contributed by atoms with Crippen LogP contribution in [0, 0.1) is 5.82 Å². The van der Waals surface area contributed by atoms with E-state index in [0.29, 0.717) is 5.82 Å². The SMILES string of the molecule is O=C(Nc1cc(Cl)c(F)cc1C(=O)O)c1ccc(-n2ccnc2)nn1. The number of benzene rings is 1. The van der Waals surface area contributed by atoms with E-state index in [1.165, 1.54) is 12.4 Å². The number of imidazole rings is 1. The summed E-state index contributed by atoms with van der Waals surface area (Å²) in [6.45, 7) is 0. The molecule has 0 spiro atoms. The molecule has 0 bridgehead atoms. The fourth-order valence-corrected chi connectivity index (χ4v) is 2.16. The summed E-state index contributed by atoms with van der Waals surface area (Å²) in [5.74, 6) is -2.58. The summed E-state index contributed by atoms with van der Waals surface area (Å²) in [5.41, 5.74) is -0.636. The molecule has 0 radical (unpaired) electrons. The van der Waals surface area contributed by atoms with Gasteiger partial charge in [0, 0.05) is 12.4 Å². The molecule has 2 aromatic heterocycles. The highest BCUT2D eigenvalue weighted by atomic mass is 35.5. The van der Waals surface area contributed by atoms with Gasteiger partial charge in [-0.05, 0) is 24.3 Å². The van der Waals surface area contributed by atoms with Crippen LogP contribution in [0.1, 0.15) is 20.8 Å². The van der Waals surface area contributed by atoms with Crippen molar-refractivity contribution < 1.29 is 19.1 Å². The molecule has 0 saturated carbocycles. The minimum atomic E-state index is -1.41. The molecule has 1 aromatic carbocycles. The lowest BCUT2D eigenvalue weighted by Gasteiger charge is -2.09. The maximum absolute atomic E-state index is 13.4. The first-order valence-electron chi connectivity index (χ1n) is 6.81. The van der Waals surface area contributed by atoms with Gasteiger partial charge in [-0.1, -0.05) is 11.6 Å². The van der Waals surface area contributed by atoms with Crippen molar-refractivity contribution >= 4 is 29.2 Å². The molecule has 10 heteroatoms. The molecule has 3 aromatic rings. The molecule has 2 N–H and O–H groups in total. The number of halogens is 2. The second-order valence-electron chi connectivity index (χ2n) is 4.82. The van der Waals surface area contributed by atoms with Crippen LogP contribution in [0.25, 0.3) is 5.82 Å². The first kappa shape index (κ1) is 16.5. The maximum Gasteiger partial charge on any atom is 0.337 e. The molecule has 25 heavy (non-hydrogen) atoms. The second-order valence-corrected chi connectivity index (χ2v) is 5.23. The maximum atomic E-state index is 13.4. The van der Waals surface area contributed by atoms with E-state index in [1.54, 1.807) is 23.0 Å². The third kappa shape index (κ3) is 3.45. The number of carboxylic acid groups (broad SMARTS) is 1. The van der Waals surface area contributed by atoms with Crippen molar-refractivity contribution in [3.63, 3.8) is 0 Å². The summed E-state index contributed by atoms with van der Waals surface area (Å²) < 4.78 is 15.0. The van der Waals surface area contributed by atoms with Crippen LogP contribution in [0.3, 0.4) is 0 Å². The van der Waals surface area contributed by atoms with Crippen LogP contribution >= 0.6 is 11.6 Å². The zero-order chi connectivity index (χ0) is 18.0. The number of nitrogens with zero attached hydrogens (tertiary/aromatic N) is 4. The van der Waals surface area contributed by atoms with Gasteiger partial charge in [-0.3, -0.25) is 9.36 Å². The smallest absolute Gasteiger partial charge is 0.337 e. The van der Waals surface area contributed by atoms with Gasteiger partial charge in [0.1, 0.15) is 12.1 Å². The average Bonchev–Trinajstić information content (AvgIpc) is 3.12. The molecule has 0 unspecified atom stereocenters. The summed E-state index contributed by atoms with van der Waals surface area (Å²) in [6, 6.07) is 4.70. The minimum Gasteiger partial charge on any atom is -0.478 e. The monoisotopic (exact) mass is 361 g/mol. The fraction of sp³-hybridized carbons (Fsp3) is 0. The van der Waals surface area contributed by atoms with Crippen LogP contribution in [0.2, 0.25) is 5.02 Å². The lowest BCUT2D eigenvalue weighted by atomic mass is 10.1. The molecule has 0 saturated heterocycles. The number of aromatic nitrogens is 4. The highest BCUT2D eigenvalue weighted by Gasteiger charge is 2.18. The van der Waals surface area contributed by atoms with Gasteiger partial charge in [0.15, 0.2) is 11.5 Å². The van der Waals surface area contributed by atoms with Gasteiger partial charge < -0.3 is 10.4 Å². The lowest BCUT2D eigenvalue weighted by molar-refractivity contribution is 0.0697. The number of nitrogens with one attached hydrogen (secondary N) is 1. The number of hydrogen-bond donors (Lipinski definition) is 2. The molecular formula is C15H9ClFN5O3. The van der Waals surface area contributed by atoms with Crippen molar-refractivity contribution in [2.24, 2.45) is 0 Å². The van der Waals surface area contributed by atoms with Crippen molar-refractivity contribution in [1.29, 1.82) is 0 Å². The Hall–Kier alpha value is -3.33. The summed E-state index contributed by atoms with van der Waals surface area (Å²) in [5, 5.41) is 18.8. The molecule has 126 valence electrons. The van der Waals surface area contributed by atoms with E-state index in [-0.39, 0.29) is 16.4 Å². The van der Waals surface area contributed by atoms with Crippen LogP contribution in [0.5, 0.6) is 0 Å². The molecule has 2 heterocycles. The molecule has 8 nitrogen and oxygen atoms in total. The number of carbonyl (C=O) groups excluding carboxylic acids is 1.